The smallest absolute Gasteiger partial charge is 0.411 e. The van der Waals surface area contributed by atoms with Gasteiger partial charge in [0.1, 0.15) is 19.0 Å². The van der Waals surface area contributed by atoms with Gasteiger partial charge in [-0.2, -0.15) is 13.2 Å². The topological polar surface area (TPSA) is 54.9 Å². The van der Waals surface area contributed by atoms with Gasteiger partial charge in [-0.3, -0.25) is 4.99 Å². The number of hydrogen-bond acceptors (Lipinski definition) is 3. The molecule has 1 aromatic carbocycles. The second-order valence-electron chi connectivity index (χ2n) is 5.37. The number of rotatable bonds is 10. The Labute approximate surface area is 169 Å². The van der Waals surface area contributed by atoms with E-state index in [9.17, 15) is 13.2 Å². The van der Waals surface area contributed by atoms with Crippen LogP contribution in [0.15, 0.2) is 29.3 Å². The molecule has 2 N–H and O–H groups in total. The van der Waals surface area contributed by atoms with Gasteiger partial charge >= 0.3 is 6.18 Å². The third-order valence-electron chi connectivity index (χ3n) is 3.01. The molecule has 0 amide bonds. The number of ether oxygens (including phenoxy) is 2. The zero-order valence-corrected chi connectivity index (χ0v) is 17.4. The van der Waals surface area contributed by atoms with Crippen molar-refractivity contribution in [2.24, 2.45) is 4.99 Å². The van der Waals surface area contributed by atoms with E-state index in [1.54, 1.807) is 0 Å². The molecule has 0 unspecified atom stereocenters. The highest BCUT2D eigenvalue weighted by Crippen LogP contribution is 2.14. The number of guanidine groups is 1. The Hall–Kier alpha value is -1.23. The largest absolute Gasteiger partial charge is 0.492 e. The maximum Gasteiger partial charge on any atom is 0.411 e. The van der Waals surface area contributed by atoms with Gasteiger partial charge in [-0.15, -0.1) is 24.0 Å². The van der Waals surface area contributed by atoms with Crippen molar-refractivity contribution in [3.05, 3.63) is 29.8 Å². The molecule has 9 heteroatoms. The predicted octanol–water partition coefficient (Wildman–Crippen LogP) is 3.52. The van der Waals surface area contributed by atoms with Crippen LogP contribution in [0, 0.1) is 6.92 Å². The molecule has 0 aromatic heterocycles. The zero-order valence-electron chi connectivity index (χ0n) is 15.1. The fourth-order valence-electron chi connectivity index (χ4n) is 1.86. The van der Waals surface area contributed by atoms with Crippen LogP contribution in [0.5, 0.6) is 5.75 Å². The van der Waals surface area contributed by atoms with E-state index >= 15 is 0 Å². The second-order valence-corrected chi connectivity index (χ2v) is 5.37. The van der Waals surface area contributed by atoms with Gasteiger partial charge in [-0.1, -0.05) is 17.7 Å². The lowest BCUT2D eigenvalue weighted by Crippen LogP contribution is -2.39. The molecule has 0 saturated carbocycles. The van der Waals surface area contributed by atoms with Gasteiger partial charge in [-0.05, 0) is 32.4 Å². The lowest BCUT2D eigenvalue weighted by molar-refractivity contribution is -0.173. The summed E-state index contributed by atoms with van der Waals surface area (Å²) in [5, 5.41) is 6.18. The highest BCUT2D eigenvalue weighted by atomic mass is 127. The summed E-state index contributed by atoms with van der Waals surface area (Å²) < 4.78 is 45.9. The third kappa shape index (κ3) is 13.0. The Morgan fingerprint density at radius 1 is 1.12 bits per heavy atom. The summed E-state index contributed by atoms with van der Waals surface area (Å²) in [6.07, 6.45) is -3.86. The molecule has 0 aliphatic rings. The zero-order chi connectivity index (χ0) is 18.5. The first kappa shape index (κ1) is 24.8. The van der Waals surface area contributed by atoms with Crippen LogP contribution in [0.1, 0.15) is 18.9 Å². The van der Waals surface area contributed by atoms with Gasteiger partial charge in [0, 0.05) is 19.7 Å². The maximum atomic E-state index is 11.9. The molecular weight excluding hydrogens is 462 g/mol. The minimum Gasteiger partial charge on any atom is -0.492 e. The molecule has 0 bridgehead atoms. The summed E-state index contributed by atoms with van der Waals surface area (Å²) in [7, 11) is 0. The maximum absolute atomic E-state index is 11.9. The lowest BCUT2D eigenvalue weighted by Gasteiger charge is -2.12. The number of benzene rings is 1. The predicted molar refractivity (Wildman–Crippen MR) is 108 cm³/mol. The number of hydrogen-bond donors (Lipinski definition) is 2. The molecule has 150 valence electrons. The van der Waals surface area contributed by atoms with Crippen molar-refractivity contribution >= 4 is 29.9 Å². The normalized spacial score (nSPS) is 11.7. The fourth-order valence-corrected chi connectivity index (χ4v) is 1.86. The number of alkyl halides is 3. The SMILES string of the molecule is CCNC(=NCCCOCC(F)(F)F)NCCOc1ccc(C)cc1.I. The minimum absolute atomic E-state index is 0. The molecule has 26 heavy (non-hydrogen) atoms. The third-order valence-corrected chi connectivity index (χ3v) is 3.01. The summed E-state index contributed by atoms with van der Waals surface area (Å²) in [4.78, 5) is 4.28. The summed E-state index contributed by atoms with van der Waals surface area (Å²) in [5.74, 6) is 1.40. The first-order chi connectivity index (χ1) is 11.9. The van der Waals surface area contributed by atoms with Gasteiger partial charge in [0.2, 0.25) is 0 Å². The average Bonchev–Trinajstić information content (AvgIpc) is 2.55. The number of nitrogens with zero attached hydrogens (tertiary/aromatic N) is 1. The molecule has 1 rings (SSSR count). The van der Waals surface area contributed by atoms with Gasteiger partial charge in [-0.25, -0.2) is 0 Å². The number of halogens is 4. The Morgan fingerprint density at radius 3 is 2.42 bits per heavy atom. The molecule has 0 radical (unpaired) electrons. The summed E-state index contributed by atoms with van der Waals surface area (Å²) >= 11 is 0. The second kappa shape index (κ2) is 13.9. The van der Waals surface area contributed by atoms with E-state index in [0.717, 1.165) is 5.75 Å². The van der Waals surface area contributed by atoms with Crippen LogP contribution in [0.3, 0.4) is 0 Å². The molecule has 0 atom stereocenters. The molecule has 0 aliphatic carbocycles. The molecule has 1 aromatic rings. The van der Waals surface area contributed by atoms with Crippen LogP contribution in [-0.4, -0.2) is 51.6 Å². The molecule has 0 heterocycles. The van der Waals surface area contributed by atoms with Crippen molar-refractivity contribution in [1.29, 1.82) is 0 Å². The van der Waals surface area contributed by atoms with E-state index in [-0.39, 0.29) is 30.6 Å². The van der Waals surface area contributed by atoms with Crippen LogP contribution in [0.2, 0.25) is 0 Å². The van der Waals surface area contributed by atoms with Crippen molar-refractivity contribution in [1.82, 2.24) is 10.6 Å². The van der Waals surface area contributed by atoms with Crippen molar-refractivity contribution in [2.75, 3.05) is 39.5 Å². The van der Waals surface area contributed by atoms with Gasteiger partial charge in [0.15, 0.2) is 5.96 Å². The van der Waals surface area contributed by atoms with Crippen molar-refractivity contribution < 1.29 is 22.6 Å². The van der Waals surface area contributed by atoms with Crippen molar-refractivity contribution in [2.45, 2.75) is 26.4 Å². The average molecular weight is 489 g/mol. The van der Waals surface area contributed by atoms with E-state index in [4.69, 9.17) is 4.74 Å². The van der Waals surface area contributed by atoms with E-state index < -0.39 is 12.8 Å². The van der Waals surface area contributed by atoms with E-state index in [1.165, 1.54) is 5.56 Å². The lowest BCUT2D eigenvalue weighted by atomic mass is 10.2. The van der Waals surface area contributed by atoms with Crippen LogP contribution in [-0.2, 0) is 4.74 Å². The van der Waals surface area contributed by atoms with Gasteiger partial charge < -0.3 is 20.1 Å². The number of aryl methyl sites for hydroxylation is 1. The van der Waals surface area contributed by atoms with Crippen LogP contribution < -0.4 is 15.4 Å². The molecule has 0 saturated heterocycles. The monoisotopic (exact) mass is 489 g/mol. The Bertz CT molecular complexity index is 511. The van der Waals surface area contributed by atoms with E-state index in [0.29, 0.717) is 38.6 Å². The molecule has 5 nitrogen and oxygen atoms in total. The molecule has 0 fully saturated rings. The number of aliphatic imine (C=N–C) groups is 1. The Balaban J connectivity index is 0.00000625. The van der Waals surface area contributed by atoms with Crippen molar-refractivity contribution in [3.63, 3.8) is 0 Å². The fraction of sp³-hybridized carbons (Fsp3) is 0.588. The molecule has 0 aliphatic heterocycles. The minimum atomic E-state index is -4.28. The van der Waals surface area contributed by atoms with E-state index in [2.05, 4.69) is 20.4 Å². The highest BCUT2D eigenvalue weighted by Gasteiger charge is 2.27. The Kier molecular flexibility index (Phi) is 13.2. The summed E-state index contributed by atoms with van der Waals surface area (Å²) in [6.45, 7) is 4.86. The van der Waals surface area contributed by atoms with Crippen LogP contribution >= 0.6 is 24.0 Å². The standard InChI is InChI=1S/C17H26F3N3O2.HI/c1-3-21-16(22-9-4-11-24-13-17(18,19)20)23-10-12-25-15-7-5-14(2)6-8-15;/h5-8H,3-4,9-13H2,1-2H3,(H2,21,22,23);1H. The summed E-state index contributed by atoms with van der Waals surface area (Å²) in [5.41, 5.74) is 1.17. The summed E-state index contributed by atoms with van der Waals surface area (Å²) in [6, 6.07) is 7.79. The number of nitrogens with one attached hydrogen (secondary N) is 2. The highest BCUT2D eigenvalue weighted by molar-refractivity contribution is 14.0. The van der Waals surface area contributed by atoms with E-state index in [1.807, 2.05) is 38.1 Å². The quantitative estimate of drug-likeness (QED) is 0.229. The van der Waals surface area contributed by atoms with Gasteiger partial charge in [0.25, 0.3) is 0 Å². The van der Waals surface area contributed by atoms with Crippen LogP contribution in [0.4, 0.5) is 13.2 Å². The first-order valence-corrected chi connectivity index (χ1v) is 8.27. The van der Waals surface area contributed by atoms with Crippen LogP contribution in [0.25, 0.3) is 0 Å². The van der Waals surface area contributed by atoms with Crippen molar-refractivity contribution in [3.8, 4) is 5.75 Å². The molecule has 0 spiro atoms. The first-order valence-electron chi connectivity index (χ1n) is 8.27. The van der Waals surface area contributed by atoms with Gasteiger partial charge in [0.05, 0.1) is 6.54 Å². The Morgan fingerprint density at radius 2 is 1.81 bits per heavy atom. The molecular formula is C17H27F3IN3O2.